The predicted octanol–water partition coefficient (Wildman–Crippen LogP) is 2.19. The molecule has 2 aliphatic carbocycles. The zero-order chi connectivity index (χ0) is 10.6. The molecule has 0 heterocycles. The summed E-state index contributed by atoms with van der Waals surface area (Å²) in [5.74, 6) is 4.01. The molecule has 3 atom stereocenters. The first-order valence-corrected chi connectivity index (χ1v) is 8.77. The van der Waals surface area contributed by atoms with E-state index in [1.807, 2.05) is 0 Å². The van der Waals surface area contributed by atoms with Crippen LogP contribution < -0.4 is 0 Å². The van der Waals surface area contributed by atoms with E-state index in [0.717, 1.165) is 18.4 Å². The molecule has 0 spiro atoms. The Balaban J connectivity index is 2.20. The molecule has 76 valence electrons. The van der Waals surface area contributed by atoms with Crippen molar-refractivity contribution in [1.29, 1.82) is 0 Å². The molecule has 1 nitrogen and oxygen atoms in total. The molecule has 2 rings (SSSR count). The highest BCUT2D eigenvalue weighted by molar-refractivity contribution is 6.83. The van der Waals surface area contributed by atoms with Crippen molar-refractivity contribution >= 4 is 8.07 Å². The Labute approximate surface area is 87.2 Å². The van der Waals surface area contributed by atoms with Gasteiger partial charge in [-0.3, -0.25) is 0 Å². The van der Waals surface area contributed by atoms with Gasteiger partial charge in [-0.1, -0.05) is 32.1 Å². The summed E-state index contributed by atoms with van der Waals surface area (Å²) in [7, 11) is -1.28. The van der Waals surface area contributed by atoms with Crippen LogP contribution in [0.1, 0.15) is 12.8 Å². The van der Waals surface area contributed by atoms with Gasteiger partial charge < -0.3 is 5.11 Å². The van der Waals surface area contributed by atoms with E-state index in [1.54, 1.807) is 0 Å². The number of aliphatic hydroxyl groups is 1. The second kappa shape index (κ2) is 2.74. The number of rotatable bonds is 0. The summed E-state index contributed by atoms with van der Waals surface area (Å²) in [5, 5.41) is 9.64. The summed E-state index contributed by atoms with van der Waals surface area (Å²) in [6.07, 6.45) is 1.74. The third-order valence-electron chi connectivity index (χ3n) is 3.25. The van der Waals surface area contributed by atoms with Crippen LogP contribution >= 0.6 is 0 Å². The second-order valence-corrected chi connectivity index (χ2v) is 10.4. The molecule has 0 aromatic heterocycles. The molecule has 1 N–H and O–H groups in total. The van der Waals surface area contributed by atoms with Crippen molar-refractivity contribution < 1.29 is 5.11 Å². The Kier molecular flexibility index (Phi) is 1.96. The lowest BCUT2D eigenvalue weighted by molar-refractivity contribution is 0.206. The molecule has 0 aromatic carbocycles. The molecular weight excluding hydrogens is 188 g/mol. The van der Waals surface area contributed by atoms with E-state index in [2.05, 4.69) is 37.7 Å². The van der Waals surface area contributed by atoms with Crippen molar-refractivity contribution in [1.82, 2.24) is 0 Å². The first-order valence-electron chi connectivity index (χ1n) is 5.27. The molecule has 0 aliphatic heterocycles. The lowest BCUT2D eigenvalue weighted by Gasteiger charge is -2.12. The van der Waals surface area contributed by atoms with Gasteiger partial charge >= 0.3 is 0 Å². The molecular formula is C12H18OSi. The average molecular weight is 206 g/mol. The number of fused-ring (bicyclic) bond motifs is 1. The van der Waals surface area contributed by atoms with Gasteiger partial charge in [-0.15, -0.1) is 5.54 Å². The molecule has 14 heavy (non-hydrogen) atoms. The van der Waals surface area contributed by atoms with E-state index in [0.29, 0.717) is 5.92 Å². The standard InChI is InChI=1S/C12H18OSi/c1-9-11(13)7-10-8-12(9,10)5-6-14(2,3)4/h10-11,13H,1,7-8H2,2-4H3/t10-,11-,12-/m1/s1. The van der Waals surface area contributed by atoms with Crippen LogP contribution in [-0.4, -0.2) is 19.3 Å². The highest BCUT2D eigenvalue weighted by Crippen LogP contribution is 2.65. The normalized spacial score (nSPS) is 40.1. The Morgan fingerprint density at radius 1 is 1.50 bits per heavy atom. The number of aliphatic hydroxyl groups excluding tert-OH is 1. The van der Waals surface area contributed by atoms with E-state index in [-0.39, 0.29) is 11.5 Å². The van der Waals surface area contributed by atoms with Crippen molar-refractivity contribution in [2.45, 2.75) is 38.6 Å². The van der Waals surface area contributed by atoms with Crippen LogP contribution in [0.2, 0.25) is 19.6 Å². The minimum absolute atomic E-state index is 0.0275. The number of hydrogen-bond acceptors (Lipinski definition) is 1. The van der Waals surface area contributed by atoms with Gasteiger partial charge in [0.1, 0.15) is 8.07 Å². The zero-order valence-corrected chi connectivity index (χ0v) is 10.2. The third-order valence-corrected chi connectivity index (χ3v) is 4.12. The smallest absolute Gasteiger partial charge is 0.129 e. The van der Waals surface area contributed by atoms with E-state index in [9.17, 15) is 5.11 Å². The van der Waals surface area contributed by atoms with Gasteiger partial charge in [0.05, 0.1) is 11.5 Å². The molecule has 2 saturated carbocycles. The molecule has 0 bridgehead atoms. The second-order valence-electron chi connectivity index (χ2n) is 5.65. The van der Waals surface area contributed by atoms with Crippen molar-refractivity contribution in [3.05, 3.63) is 12.2 Å². The van der Waals surface area contributed by atoms with Gasteiger partial charge in [-0.2, -0.15) is 0 Å². The van der Waals surface area contributed by atoms with Crippen LogP contribution in [-0.2, 0) is 0 Å². The molecule has 2 fully saturated rings. The summed E-state index contributed by atoms with van der Waals surface area (Å²) >= 11 is 0. The third kappa shape index (κ3) is 1.45. The molecule has 0 amide bonds. The quantitative estimate of drug-likeness (QED) is 0.366. The fourth-order valence-corrected chi connectivity index (χ4v) is 2.85. The van der Waals surface area contributed by atoms with Gasteiger partial charge in [-0.25, -0.2) is 0 Å². The van der Waals surface area contributed by atoms with Crippen LogP contribution in [0.15, 0.2) is 12.2 Å². The number of hydrogen-bond donors (Lipinski definition) is 1. The van der Waals surface area contributed by atoms with Crippen LogP contribution in [0, 0.1) is 22.8 Å². The van der Waals surface area contributed by atoms with Gasteiger partial charge in [0.25, 0.3) is 0 Å². The fraction of sp³-hybridized carbons (Fsp3) is 0.667. The van der Waals surface area contributed by atoms with Crippen LogP contribution in [0.4, 0.5) is 0 Å². The summed E-state index contributed by atoms with van der Waals surface area (Å²) in [4.78, 5) is 0. The Hall–Kier alpha value is -0.523. The Morgan fingerprint density at radius 2 is 2.14 bits per heavy atom. The maximum atomic E-state index is 9.64. The first kappa shape index (κ1) is 10.0. The van der Waals surface area contributed by atoms with Crippen molar-refractivity contribution in [3.63, 3.8) is 0 Å². The van der Waals surface area contributed by atoms with Crippen LogP contribution in [0.5, 0.6) is 0 Å². The summed E-state index contributed by atoms with van der Waals surface area (Å²) < 4.78 is 0. The lowest BCUT2D eigenvalue weighted by Crippen LogP contribution is -2.18. The van der Waals surface area contributed by atoms with Gasteiger partial charge in [0.2, 0.25) is 0 Å². The fourth-order valence-electron chi connectivity index (χ4n) is 2.25. The van der Waals surface area contributed by atoms with Gasteiger partial charge in [0.15, 0.2) is 0 Å². The van der Waals surface area contributed by atoms with Crippen molar-refractivity contribution in [2.75, 3.05) is 0 Å². The SMILES string of the molecule is C=C1[C@H](O)C[C@@H]2C[C@]12C#C[Si](C)(C)C. The molecule has 0 radical (unpaired) electrons. The topological polar surface area (TPSA) is 20.2 Å². The van der Waals surface area contributed by atoms with E-state index in [1.165, 1.54) is 0 Å². The Bertz CT molecular complexity index is 342. The highest BCUT2D eigenvalue weighted by Gasteiger charge is 2.61. The maximum Gasteiger partial charge on any atom is 0.129 e. The molecule has 0 aromatic rings. The summed E-state index contributed by atoms with van der Waals surface area (Å²) in [5.41, 5.74) is 4.42. The molecule has 0 unspecified atom stereocenters. The summed E-state index contributed by atoms with van der Waals surface area (Å²) in [6.45, 7) is 10.8. The minimum Gasteiger partial charge on any atom is -0.389 e. The van der Waals surface area contributed by atoms with Crippen molar-refractivity contribution in [3.8, 4) is 11.5 Å². The monoisotopic (exact) mass is 206 g/mol. The lowest BCUT2D eigenvalue weighted by atomic mass is 9.99. The summed E-state index contributed by atoms with van der Waals surface area (Å²) in [6, 6.07) is 0. The average Bonchev–Trinajstić information content (AvgIpc) is 2.68. The predicted molar refractivity (Wildman–Crippen MR) is 61.4 cm³/mol. The highest BCUT2D eigenvalue weighted by atomic mass is 28.3. The van der Waals surface area contributed by atoms with E-state index in [4.69, 9.17) is 0 Å². The van der Waals surface area contributed by atoms with E-state index >= 15 is 0 Å². The van der Waals surface area contributed by atoms with Crippen LogP contribution in [0.25, 0.3) is 0 Å². The molecule has 2 aliphatic rings. The van der Waals surface area contributed by atoms with E-state index < -0.39 is 8.07 Å². The molecule has 2 heteroatoms. The zero-order valence-electron chi connectivity index (χ0n) is 9.22. The van der Waals surface area contributed by atoms with Gasteiger partial charge in [0, 0.05) is 0 Å². The molecule has 0 saturated heterocycles. The Morgan fingerprint density at radius 3 is 2.57 bits per heavy atom. The maximum absolute atomic E-state index is 9.64. The largest absolute Gasteiger partial charge is 0.389 e. The first-order chi connectivity index (χ1) is 6.35. The van der Waals surface area contributed by atoms with Crippen LogP contribution in [0.3, 0.4) is 0 Å². The van der Waals surface area contributed by atoms with Crippen molar-refractivity contribution in [2.24, 2.45) is 11.3 Å². The minimum atomic E-state index is -1.28. The van der Waals surface area contributed by atoms with Gasteiger partial charge in [-0.05, 0) is 24.3 Å².